The van der Waals surface area contributed by atoms with Crippen LogP contribution in [0.3, 0.4) is 0 Å². The summed E-state index contributed by atoms with van der Waals surface area (Å²) in [6.07, 6.45) is 0.429. The third-order valence-corrected chi connectivity index (χ3v) is 5.34. The van der Waals surface area contributed by atoms with Crippen LogP contribution in [0.1, 0.15) is 23.2 Å². The van der Waals surface area contributed by atoms with Crippen LogP contribution in [0.2, 0.25) is 0 Å². The molecule has 0 aliphatic carbocycles. The molecule has 1 heterocycles. The van der Waals surface area contributed by atoms with Gasteiger partial charge in [-0.2, -0.15) is 0 Å². The van der Waals surface area contributed by atoms with E-state index in [1.54, 1.807) is 0 Å². The van der Waals surface area contributed by atoms with E-state index in [0.29, 0.717) is 6.42 Å². The van der Waals surface area contributed by atoms with E-state index in [1.807, 2.05) is 0 Å². The highest BCUT2D eigenvalue weighted by Gasteiger charge is 2.28. The van der Waals surface area contributed by atoms with Crippen LogP contribution in [0.5, 0.6) is 0 Å². The van der Waals surface area contributed by atoms with Gasteiger partial charge < -0.3 is 10.6 Å². The number of nitrogens with one attached hydrogen (secondary N) is 2. The number of nitrogens with zero attached hydrogens (tertiary/aromatic N) is 1. The second-order valence-corrected chi connectivity index (χ2v) is 7.71. The van der Waals surface area contributed by atoms with E-state index in [-0.39, 0.29) is 47.7 Å². The van der Waals surface area contributed by atoms with Crippen molar-refractivity contribution in [2.45, 2.75) is 18.9 Å². The van der Waals surface area contributed by atoms with Crippen LogP contribution in [-0.4, -0.2) is 49.2 Å². The average Bonchev–Trinajstić information content (AvgIpc) is 2.86. The fourth-order valence-electron chi connectivity index (χ4n) is 2.33. The Hall–Kier alpha value is -2.49. The van der Waals surface area contributed by atoms with E-state index >= 15 is 0 Å². The summed E-state index contributed by atoms with van der Waals surface area (Å²) in [6.45, 7) is 0.0844. The Morgan fingerprint density at radius 2 is 1.92 bits per heavy atom. The number of nitro groups is 1. The molecule has 9 nitrogen and oxygen atoms in total. The van der Waals surface area contributed by atoms with Gasteiger partial charge in [0.15, 0.2) is 9.84 Å². The summed E-state index contributed by atoms with van der Waals surface area (Å²) in [5, 5.41) is 15.7. The summed E-state index contributed by atoms with van der Waals surface area (Å²) >= 11 is 0. The van der Waals surface area contributed by atoms with E-state index in [9.17, 15) is 28.1 Å². The summed E-state index contributed by atoms with van der Waals surface area (Å²) in [6, 6.07) is 4.74. The van der Waals surface area contributed by atoms with Gasteiger partial charge in [-0.05, 0) is 18.6 Å². The molecule has 1 saturated heterocycles. The van der Waals surface area contributed by atoms with Gasteiger partial charge in [0.2, 0.25) is 5.91 Å². The van der Waals surface area contributed by atoms with Crippen molar-refractivity contribution in [2.75, 3.05) is 18.1 Å². The van der Waals surface area contributed by atoms with Crippen molar-refractivity contribution in [1.29, 1.82) is 0 Å². The minimum Gasteiger partial charge on any atom is -0.352 e. The zero-order valence-electron chi connectivity index (χ0n) is 12.7. The lowest BCUT2D eigenvalue weighted by Gasteiger charge is -2.11. The van der Waals surface area contributed by atoms with Crippen LogP contribution in [0.25, 0.3) is 0 Å². The number of non-ortho nitro benzene ring substituents is 1. The summed E-state index contributed by atoms with van der Waals surface area (Å²) in [5.74, 6) is -0.745. The number of carbonyl (C=O) groups excluding carboxylic acids is 2. The second kappa shape index (κ2) is 7.39. The molecule has 0 unspecified atom stereocenters. The molecule has 0 aromatic heterocycles. The van der Waals surface area contributed by atoms with Crippen LogP contribution in [0, 0.1) is 10.1 Å². The SMILES string of the molecule is O=C(CCNC(=O)c1ccc([N+](=O)[O-])cc1)N[C@@H]1CCS(=O)(=O)C1. The van der Waals surface area contributed by atoms with Gasteiger partial charge in [-0.25, -0.2) is 8.42 Å². The van der Waals surface area contributed by atoms with Crippen molar-refractivity contribution in [3.8, 4) is 0 Å². The van der Waals surface area contributed by atoms with Crippen molar-refractivity contribution < 1.29 is 22.9 Å². The number of benzene rings is 1. The fraction of sp³-hybridized carbons (Fsp3) is 0.429. The maximum absolute atomic E-state index is 11.8. The Kier molecular flexibility index (Phi) is 5.50. The zero-order valence-corrected chi connectivity index (χ0v) is 13.5. The van der Waals surface area contributed by atoms with Crippen LogP contribution < -0.4 is 10.6 Å². The first-order chi connectivity index (χ1) is 11.3. The topological polar surface area (TPSA) is 135 Å². The second-order valence-electron chi connectivity index (χ2n) is 5.48. The Balaban J connectivity index is 1.74. The van der Waals surface area contributed by atoms with E-state index in [2.05, 4.69) is 10.6 Å². The molecule has 1 aliphatic rings. The maximum Gasteiger partial charge on any atom is 0.269 e. The molecule has 1 aromatic carbocycles. The first-order valence-corrected chi connectivity index (χ1v) is 9.11. The highest BCUT2D eigenvalue weighted by atomic mass is 32.2. The van der Waals surface area contributed by atoms with Gasteiger partial charge in [-0.15, -0.1) is 0 Å². The Morgan fingerprint density at radius 3 is 2.46 bits per heavy atom. The Bertz CT molecular complexity index is 744. The molecule has 1 fully saturated rings. The van der Waals surface area contributed by atoms with Gasteiger partial charge in [0.1, 0.15) is 0 Å². The fourth-order valence-corrected chi connectivity index (χ4v) is 4.01. The third kappa shape index (κ3) is 5.01. The molecule has 0 radical (unpaired) electrons. The Labute approximate surface area is 138 Å². The summed E-state index contributed by atoms with van der Waals surface area (Å²) < 4.78 is 22.6. The highest BCUT2D eigenvalue weighted by Crippen LogP contribution is 2.12. The van der Waals surface area contributed by atoms with E-state index in [0.717, 1.165) is 0 Å². The van der Waals surface area contributed by atoms with Crippen LogP contribution >= 0.6 is 0 Å². The molecule has 0 spiro atoms. The maximum atomic E-state index is 11.8. The lowest BCUT2D eigenvalue weighted by Crippen LogP contribution is -2.37. The first-order valence-electron chi connectivity index (χ1n) is 7.29. The standard InChI is InChI=1S/C14H17N3O6S/c18-13(16-11-6-8-24(22,23)9-11)5-7-15-14(19)10-1-3-12(4-2-10)17(20)21/h1-4,11H,5-9H2,(H,15,19)(H,16,18)/t11-/m1/s1. The minimum absolute atomic E-state index is 0.0231. The van der Waals surface area contributed by atoms with E-state index < -0.39 is 20.7 Å². The predicted molar refractivity (Wildman–Crippen MR) is 85.2 cm³/mol. The monoisotopic (exact) mass is 355 g/mol. The zero-order chi connectivity index (χ0) is 17.7. The number of carbonyl (C=O) groups is 2. The molecular weight excluding hydrogens is 338 g/mol. The molecule has 2 N–H and O–H groups in total. The normalized spacial score (nSPS) is 18.8. The van der Waals surface area contributed by atoms with Crippen LogP contribution in [-0.2, 0) is 14.6 Å². The lowest BCUT2D eigenvalue weighted by molar-refractivity contribution is -0.384. The van der Waals surface area contributed by atoms with Gasteiger partial charge in [-0.1, -0.05) is 0 Å². The number of hydrogen-bond acceptors (Lipinski definition) is 6. The first kappa shape index (κ1) is 17.9. The molecule has 0 saturated carbocycles. The number of sulfone groups is 1. The highest BCUT2D eigenvalue weighted by molar-refractivity contribution is 7.91. The molecule has 2 amide bonds. The van der Waals surface area contributed by atoms with Gasteiger partial charge >= 0.3 is 0 Å². The molecular formula is C14H17N3O6S. The summed E-state index contributed by atoms with van der Waals surface area (Å²) in [5.41, 5.74) is 0.139. The smallest absolute Gasteiger partial charge is 0.269 e. The van der Waals surface area contributed by atoms with Crippen molar-refractivity contribution in [3.05, 3.63) is 39.9 Å². The van der Waals surface area contributed by atoms with Crippen molar-refractivity contribution in [1.82, 2.24) is 10.6 Å². The number of nitro benzene ring substituents is 1. The van der Waals surface area contributed by atoms with Crippen LogP contribution in [0.15, 0.2) is 24.3 Å². The van der Waals surface area contributed by atoms with Crippen molar-refractivity contribution >= 4 is 27.3 Å². The van der Waals surface area contributed by atoms with E-state index in [1.165, 1.54) is 24.3 Å². The molecule has 1 aromatic rings. The molecule has 2 rings (SSSR count). The van der Waals surface area contributed by atoms with Crippen LogP contribution in [0.4, 0.5) is 5.69 Å². The summed E-state index contributed by atoms with van der Waals surface area (Å²) in [7, 11) is -3.05. The predicted octanol–water partition coefficient (Wildman–Crippen LogP) is 0.0180. The van der Waals surface area contributed by atoms with Gasteiger partial charge in [0.25, 0.3) is 11.6 Å². The molecule has 10 heteroatoms. The lowest BCUT2D eigenvalue weighted by atomic mass is 10.2. The molecule has 0 bridgehead atoms. The number of hydrogen-bond donors (Lipinski definition) is 2. The Morgan fingerprint density at radius 1 is 1.25 bits per heavy atom. The quantitative estimate of drug-likeness (QED) is 0.545. The van der Waals surface area contributed by atoms with Gasteiger partial charge in [-0.3, -0.25) is 19.7 Å². The molecule has 130 valence electrons. The molecule has 1 atom stereocenters. The number of amides is 2. The minimum atomic E-state index is -3.05. The number of rotatable bonds is 6. The van der Waals surface area contributed by atoms with Gasteiger partial charge in [0, 0.05) is 36.7 Å². The third-order valence-electron chi connectivity index (χ3n) is 3.58. The van der Waals surface area contributed by atoms with Crippen molar-refractivity contribution in [3.63, 3.8) is 0 Å². The molecule has 24 heavy (non-hydrogen) atoms. The van der Waals surface area contributed by atoms with E-state index in [4.69, 9.17) is 0 Å². The van der Waals surface area contributed by atoms with Gasteiger partial charge in [0.05, 0.1) is 16.4 Å². The molecule has 1 aliphatic heterocycles. The largest absolute Gasteiger partial charge is 0.352 e. The summed E-state index contributed by atoms with van der Waals surface area (Å²) in [4.78, 5) is 33.5. The van der Waals surface area contributed by atoms with Crippen molar-refractivity contribution in [2.24, 2.45) is 0 Å². The average molecular weight is 355 g/mol.